The quantitative estimate of drug-likeness (QED) is 0.435. The van der Waals surface area contributed by atoms with Crippen molar-refractivity contribution in [2.75, 3.05) is 0 Å². The van der Waals surface area contributed by atoms with E-state index >= 15 is 0 Å². The van der Waals surface area contributed by atoms with E-state index in [1.54, 1.807) is 16.6 Å². The maximum absolute atomic E-state index is 4.58. The topological polar surface area (TPSA) is 30.7 Å². The number of nitrogens with zero attached hydrogens (tertiary/aromatic N) is 3. The first-order valence-corrected chi connectivity index (χ1v) is 11.7. The van der Waals surface area contributed by atoms with Gasteiger partial charge in [0.1, 0.15) is 0 Å². The highest BCUT2D eigenvalue weighted by atomic mass is 79.9. The van der Waals surface area contributed by atoms with E-state index in [1.807, 2.05) is 11.3 Å². The molecule has 3 nitrogen and oxygen atoms in total. The molecule has 3 aromatic rings. The molecule has 0 N–H and O–H groups in total. The van der Waals surface area contributed by atoms with Crippen LogP contribution < -0.4 is 0 Å². The summed E-state index contributed by atoms with van der Waals surface area (Å²) >= 11 is 7.20. The summed E-state index contributed by atoms with van der Waals surface area (Å²) in [6.07, 6.45) is 3.67. The number of benzene rings is 1. The molecule has 2 aromatic heterocycles. The molecule has 1 aliphatic rings. The Labute approximate surface area is 171 Å². The van der Waals surface area contributed by atoms with Crippen molar-refractivity contribution in [2.24, 2.45) is 5.92 Å². The van der Waals surface area contributed by atoms with Crippen molar-refractivity contribution < 1.29 is 0 Å². The summed E-state index contributed by atoms with van der Waals surface area (Å²) in [5, 5.41) is 12.4. The van der Waals surface area contributed by atoms with Crippen molar-refractivity contribution >= 4 is 39.0 Å². The third-order valence-corrected chi connectivity index (χ3v) is 7.51. The summed E-state index contributed by atoms with van der Waals surface area (Å²) in [7, 11) is 0. The predicted octanol–water partition coefficient (Wildman–Crippen LogP) is 6.21. The summed E-state index contributed by atoms with van der Waals surface area (Å²) in [6, 6.07) is 8.45. The van der Waals surface area contributed by atoms with Crippen molar-refractivity contribution in [1.29, 1.82) is 0 Å². The minimum absolute atomic E-state index is 0.800. The third kappa shape index (κ3) is 3.64. The van der Waals surface area contributed by atoms with Gasteiger partial charge in [0.2, 0.25) is 0 Å². The molecule has 136 valence electrons. The van der Waals surface area contributed by atoms with Gasteiger partial charge in [0.25, 0.3) is 0 Å². The van der Waals surface area contributed by atoms with Gasteiger partial charge in [-0.25, -0.2) is 0 Å². The van der Waals surface area contributed by atoms with Gasteiger partial charge in [0.15, 0.2) is 11.0 Å². The maximum Gasteiger partial charge on any atom is 0.191 e. The molecule has 4 rings (SSSR count). The number of fused-ring (bicyclic) bond motifs is 1. The summed E-state index contributed by atoms with van der Waals surface area (Å²) in [5.41, 5.74) is 4.11. The second kappa shape index (κ2) is 7.87. The molecule has 0 saturated carbocycles. The molecule has 0 amide bonds. The van der Waals surface area contributed by atoms with E-state index in [4.69, 9.17) is 0 Å². The van der Waals surface area contributed by atoms with Gasteiger partial charge < -0.3 is 4.57 Å². The summed E-state index contributed by atoms with van der Waals surface area (Å²) in [6.45, 7) is 5.43. The molecule has 0 fully saturated rings. The van der Waals surface area contributed by atoms with E-state index < -0.39 is 0 Å². The number of hydrogen-bond acceptors (Lipinski definition) is 4. The van der Waals surface area contributed by atoms with Gasteiger partial charge in [-0.05, 0) is 55.4 Å². The van der Waals surface area contributed by atoms with E-state index in [0.717, 1.165) is 33.7 Å². The number of thiophene rings is 1. The summed E-state index contributed by atoms with van der Waals surface area (Å²) in [4.78, 5) is 1.55. The first kappa shape index (κ1) is 18.3. The minimum atomic E-state index is 0.800. The summed E-state index contributed by atoms with van der Waals surface area (Å²) < 4.78 is 3.38. The van der Waals surface area contributed by atoms with Gasteiger partial charge in [-0.1, -0.05) is 46.7 Å². The minimum Gasteiger partial charge on any atom is -0.302 e. The van der Waals surface area contributed by atoms with Crippen LogP contribution >= 0.6 is 39.0 Å². The van der Waals surface area contributed by atoms with Crippen LogP contribution in [-0.2, 0) is 25.1 Å². The Hall–Kier alpha value is -1.11. The molecule has 26 heavy (non-hydrogen) atoms. The monoisotopic (exact) mass is 447 g/mol. The number of halogens is 1. The van der Waals surface area contributed by atoms with Crippen molar-refractivity contribution in [3.63, 3.8) is 0 Å². The molecule has 6 heteroatoms. The lowest BCUT2D eigenvalue weighted by molar-refractivity contribution is 0.508. The van der Waals surface area contributed by atoms with Gasteiger partial charge in [0.05, 0.1) is 0 Å². The molecule has 2 heterocycles. The Morgan fingerprint density at radius 3 is 3.04 bits per heavy atom. The largest absolute Gasteiger partial charge is 0.302 e. The Balaban J connectivity index is 1.59. The van der Waals surface area contributed by atoms with E-state index in [-0.39, 0.29) is 0 Å². The summed E-state index contributed by atoms with van der Waals surface area (Å²) in [5.74, 6) is 2.74. The molecule has 1 atom stereocenters. The molecule has 1 aromatic carbocycles. The van der Waals surface area contributed by atoms with Crippen LogP contribution in [0, 0.1) is 5.92 Å². The fourth-order valence-corrected chi connectivity index (χ4v) is 6.15. The zero-order chi connectivity index (χ0) is 18.1. The Morgan fingerprint density at radius 1 is 1.35 bits per heavy atom. The van der Waals surface area contributed by atoms with E-state index in [0.29, 0.717) is 0 Å². The molecule has 1 aliphatic carbocycles. The molecular formula is C20H22BrN3S2. The third-order valence-electron chi connectivity index (χ3n) is 4.93. The van der Waals surface area contributed by atoms with Crippen molar-refractivity contribution in [3.8, 4) is 11.4 Å². The van der Waals surface area contributed by atoms with Gasteiger partial charge in [-0.15, -0.1) is 21.5 Å². The van der Waals surface area contributed by atoms with Crippen molar-refractivity contribution in [2.45, 2.75) is 50.6 Å². The Kier molecular flexibility index (Phi) is 5.53. The van der Waals surface area contributed by atoms with Crippen LogP contribution in [0.4, 0.5) is 0 Å². The fraction of sp³-hybridized carbons (Fsp3) is 0.400. The van der Waals surface area contributed by atoms with Crippen molar-refractivity contribution in [3.05, 3.63) is 50.1 Å². The molecular weight excluding hydrogens is 426 g/mol. The second-order valence-corrected chi connectivity index (χ2v) is 9.69. The molecule has 0 spiro atoms. The Morgan fingerprint density at radius 2 is 2.23 bits per heavy atom. The lowest BCUT2D eigenvalue weighted by Crippen LogP contribution is -2.10. The van der Waals surface area contributed by atoms with Gasteiger partial charge in [-0.3, -0.25) is 0 Å². The van der Waals surface area contributed by atoms with E-state index in [1.165, 1.54) is 36.0 Å². The number of aromatic nitrogens is 3. The highest BCUT2D eigenvalue weighted by molar-refractivity contribution is 9.10. The predicted molar refractivity (Wildman–Crippen MR) is 114 cm³/mol. The molecule has 1 unspecified atom stereocenters. The normalized spacial score (nSPS) is 16.7. The zero-order valence-electron chi connectivity index (χ0n) is 15.0. The molecule has 0 bridgehead atoms. The van der Waals surface area contributed by atoms with E-state index in [9.17, 15) is 0 Å². The van der Waals surface area contributed by atoms with Gasteiger partial charge in [0, 0.05) is 32.6 Å². The zero-order valence-corrected chi connectivity index (χ0v) is 18.3. The molecule has 0 aliphatic heterocycles. The Bertz CT molecular complexity index is 916. The number of rotatable bonds is 5. The highest BCUT2D eigenvalue weighted by Crippen LogP contribution is 2.38. The van der Waals surface area contributed by atoms with Gasteiger partial charge >= 0.3 is 0 Å². The standard InChI is InChI=1S/C20H22BrN3S2/c1-3-24-19(17-12-25-18-9-13(2)7-8-16(17)18)22-23-20(24)26-11-14-5-4-6-15(21)10-14/h4-6,10,12-13H,3,7-9,11H2,1-2H3. The average molecular weight is 448 g/mol. The van der Waals surface area contributed by atoms with E-state index in [2.05, 4.69) is 74.2 Å². The van der Waals surface area contributed by atoms with Crippen LogP contribution in [0.1, 0.15) is 36.3 Å². The van der Waals surface area contributed by atoms with Crippen LogP contribution in [0.2, 0.25) is 0 Å². The number of thioether (sulfide) groups is 1. The lowest BCUT2D eigenvalue weighted by Gasteiger charge is -2.19. The first-order valence-electron chi connectivity index (χ1n) is 9.05. The van der Waals surface area contributed by atoms with Crippen LogP contribution in [0.5, 0.6) is 0 Å². The fourth-order valence-electron chi connectivity index (χ4n) is 3.52. The van der Waals surface area contributed by atoms with Crippen LogP contribution in [-0.4, -0.2) is 14.8 Å². The highest BCUT2D eigenvalue weighted by Gasteiger charge is 2.24. The smallest absolute Gasteiger partial charge is 0.191 e. The molecule has 0 saturated heterocycles. The van der Waals surface area contributed by atoms with Crippen LogP contribution in [0.3, 0.4) is 0 Å². The number of hydrogen-bond donors (Lipinski definition) is 0. The SMILES string of the molecule is CCn1c(SCc2cccc(Br)c2)nnc1-c1csc2c1CCC(C)C2. The lowest BCUT2D eigenvalue weighted by atomic mass is 9.88. The van der Waals surface area contributed by atoms with Crippen LogP contribution in [0.15, 0.2) is 39.3 Å². The van der Waals surface area contributed by atoms with Gasteiger partial charge in [-0.2, -0.15) is 0 Å². The average Bonchev–Trinajstić information content (AvgIpc) is 3.22. The van der Waals surface area contributed by atoms with Crippen LogP contribution in [0.25, 0.3) is 11.4 Å². The van der Waals surface area contributed by atoms with Crippen molar-refractivity contribution in [1.82, 2.24) is 14.8 Å². The molecule has 0 radical (unpaired) electrons. The first-order chi connectivity index (χ1) is 12.7. The second-order valence-electron chi connectivity index (χ2n) is 6.87. The maximum atomic E-state index is 4.58.